The number of nitrogens with zero attached hydrogens (tertiary/aromatic N) is 2. The van der Waals surface area contributed by atoms with Crippen molar-refractivity contribution in [2.45, 2.75) is 57.0 Å². The molecule has 0 aliphatic carbocycles. The van der Waals surface area contributed by atoms with Crippen molar-refractivity contribution in [1.82, 2.24) is 9.80 Å². The molecule has 54 heavy (non-hydrogen) atoms. The topological polar surface area (TPSA) is 99.5 Å². The van der Waals surface area contributed by atoms with E-state index in [1.807, 2.05) is 91.0 Å². The minimum absolute atomic E-state index is 0.0142. The molecule has 5 aromatic carbocycles. The van der Waals surface area contributed by atoms with Crippen LogP contribution < -0.4 is 0 Å². The van der Waals surface area contributed by atoms with E-state index in [9.17, 15) is 19.8 Å². The standard InChI is InChI=1S/C45H43ClN2O6/c1-29-40(27-47-22-20-45(52,21-23-47)36-16-18-37(46)19-17-36)53-44(54-41(29)32-14-12-30(28-49)13-15-32)35-9-5-8-34(25-35)33-7-4-6-31(24-33)26-48-42(50)38-10-2-3-11-39(38)43(48)51/h2-19,24-25,29,40-41,44,49,52H,20-23,26-28H2,1H3/t29-,40+,41+,44+/m0/s1. The van der Waals surface area contributed by atoms with Crippen LogP contribution in [0, 0.1) is 5.92 Å². The molecule has 2 N–H and O–H groups in total. The van der Waals surface area contributed by atoms with Crippen LogP contribution >= 0.6 is 11.6 Å². The van der Waals surface area contributed by atoms with Crippen LogP contribution in [0.2, 0.25) is 5.02 Å². The highest BCUT2D eigenvalue weighted by molar-refractivity contribution is 6.30. The Morgan fingerprint density at radius 1 is 0.741 bits per heavy atom. The summed E-state index contributed by atoms with van der Waals surface area (Å²) in [4.78, 5) is 29.8. The summed E-state index contributed by atoms with van der Waals surface area (Å²) in [7, 11) is 0. The first-order chi connectivity index (χ1) is 26.2. The summed E-state index contributed by atoms with van der Waals surface area (Å²) in [5.41, 5.74) is 6.36. The number of aliphatic hydroxyl groups is 2. The van der Waals surface area contributed by atoms with E-state index in [2.05, 4.69) is 17.9 Å². The molecular formula is C45H43ClN2O6. The van der Waals surface area contributed by atoms with Crippen LogP contribution in [0.4, 0.5) is 0 Å². The van der Waals surface area contributed by atoms with Crippen LogP contribution in [-0.2, 0) is 28.2 Å². The Morgan fingerprint density at radius 2 is 1.39 bits per heavy atom. The second-order valence-corrected chi connectivity index (χ2v) is 15.2. The number of imide groups is 1. The number of rotatable bonds is 9. The Balaban J connectivity index is 1.02. The molecule has 0 unspecified atom stereocenters. The molecule has 3 aliphatic rings. The van der Waals surface area contributed by atoms with Gasteiger partial charge in [0.25, 0.3) is 11.8 Å². The molecule has 3 aliphatic heterocycles. The van der Waals surface area contributed by atoms with Gasteiger partial charge in [0, 0.05) is 36.1 Å². The summed E-state index contributed by atoms with van der Waals surface area (Å²) in [6, 6.07) is 38.4. The number of hydrogen-bond acceptors (Lipinski definition) is 7. The maximum absolute atomic E-state index is 13.1. The second kappa shape index (κ2) is 15.2. The number of likely N-dealkylation sites (tertiary alicyclic amines) is 1. The molecule has 0 spiro atoms. The fourth-order valence-corrected chi connectivity index (χ4v) is 8.14. The van der Waals surface area contributed by atoms with Gasteiger partial charge in [0.1, 0.15) is 0 Å². The van der Waals surface area contributed by atoms with Gasteiger partial charge in [0.2, 0.25) is 0 Å². The Kier molecular flexibility index (Phi) is 10.2. The van der Waals surface area contributed by atoms with E-state index in [1.165, 1.54) is 4.90 Å². The number of amides is 2. The van der Waals surface area contributed by atoms with E-state index in [-0.39, 0.29) is 43.1 Å². The van der Waals surface area contributed by atoms with Gasteiger partial charge in [-0.3, -0.25) is 14.5 Å². The molecule has 2 amide bonds. The lowest BCUT2D eigenvalue weighted by Crippen LogP contribution is -2.49. The van der Waals surface area contributed by atoms with Crippen LogP contribution in [0.25, 0.3) is 11.1 Å². The molecule has 276 valence electrons. The molecule has 9 heteroatoms. The molecular weight excluding hydrogens is 700 g/mol. The Hall–Kier alpha value is -4.67. The first kappa shape index (κ1) is 36.3. The number of fused-ring (bicyclic) bond motifs is 1. The van der Waals surface area contributed by atoms with Gasteiger partial charge in [-0.15, -0.1) is 0 Å². The van der Waals surface area contributed by atoms with Crippen molar-refractivity contribution in [2.75, 3.05) is 19.6 Å². The molecule has 8 nitrogen and oxygen atoms in total. The van der Waals surface area contributed by atoms with Gasteiger partial charge < -0.3 is 24.6 Å². The van der Waals surface area contributed by atoms with Crippen LogP contribution in [0.15, 0.2) is 121 Å². The van der Waals surface area contributed by atoms with Crippen molar-refractivity contribution in [3.8, 4) is 11.1 Å². The number of hydrogen-bond donors (Lipinski definition) is 2. The zero-order valence-corrected chi connectivity index (χ0v) is 30.9. The minimum atomic E-state index is -0.898. The molecule has 3 heterocycles. The summed E-state index contributed by atoms with van der Waals surface area (Å²) in [6.07, 6.45) is 0.139. The lowest BCUT2D eigenvalue weighted by Gasteiger charge is -2.45. The monoisotopic (exact) mass is 742 g/mol. The predicted molar refractivity (Wildman–Crippen MR) is 207 cm³/mol. The van der Waals surface area contributed by atoms with E-state index in [1.54, 1.807) is 24.3 Å². The second-order valence-electron chi connectivity index (χ2n) is 14.7. The smallest absolute Gasteiger partial charge is 0.261 e. The third-order valence-corrected chi connectivity index (χ3v) is 11.5. The molecule has 4 atom stereocenters. The maximum atomic E-state index is 13.1. The van der Waals surface area contributed by atoms with Gasteiger partial charge in [-0.05, 0) is 82.6 Å². The first-order valence-electron chi connectivity index (χ1n) is 18.5. The van der Waals surface area contributed by atoms with Gasteiger partial charge in [0.15, 0.2) is 6.29 Å². The number of piperidine rings is 1. The van der Waals surface area contributed by atoms with E-state index in [4.69, 9.17) is 21.1 Å². The highest BCUT2D eigenvalue weighted by Gasteiger charge is 2.41. The fourth-order valence-electron chi connectivity index (χ4n) is 8.02. The largest absolute Gasteiger partial charge is 0.392 e. The Bertz CT molecular complexity index is 2110. The lowest BCUT2D eigenvalue weighted by atomic mass is 9.84. The molecule has 0 bridgehead atoms. The lowest BCUT2D eigenvalue weighted by molar-refractivity contribution is -0.277. The molecule has 5 aromatic rings. The third kappa shape index (κ3) is 7.26. The third-order valence-electron chi connectivity index (χ3n) is 11.3. The summed E-state index contributed by atoms with van der Waals surface area (Å²) in [6.45, 7) is 4.44. The number of carbonyl (C=O) groups is 2. The molecule has 0 radical (unpaired) electrons. The van der Waals surface area contributed by atoms with Crippen LogP contribution in [0.5, 0.6) is 0 Å². The van der Waals surface area contributed by atoms with Crippen LogP contribution in [-0.4, -0.2) is 57.6 Å². The summed E-state index contributed by atoms with van der Waals surface area (Å²) < 4.78 is 13.6. The van der Waals surface area contributed by atoms with E-state index < -0.39 is 11.9 Å². The number of benzene rings is 5. The summed E-state index contributed by atoms with van der Waals surface area (Å²) >= 11 is 6.12. The molecule has 0 aromatic heterocycles. The van der Waals surface area contributed by atoms with Crippen molar-refractivity contribution < 1.29 is 29.3 Å². The van der Waals surface area contributed by atoms with Gasteiger partial charge in [-0.25, -0.2) is 0 Å². The average Bonchev–Trinajstić information content (AvgIpc) is 3.44. The van der Waals surface area contributed by atoms with Crippen molar-refractivity contribution in [1.29, 1.82) is 0 Å². The van der Waals surface area contributed by atoms with Gasteiger partial charge in [0.05, 0.1) is 42.1 Å². The number of carbonyl (C=O) groups excluding carboxylic acids is 2. The zero-order valence-electron chi connectivity index (χ0n) is 30.1. The average molecular weight is 743 g/mol. The van der Waals surface area contributed by atoms with E-state index in [0.29, 0.717) is 35.5 Å². The minimum Gasteiger partial charge on any atom is -0.392 e. The van der Waals surface area contributed by atoms with Gasteiger partial charge in [-0.2, -0.15) is 0 Å². The first-order valence-corrected chi connectivity index (χ1v) is 18.9. The molecule has 2 fully saturated rings. The predicted octanol–water partition coefficient (Wildman–Crippen LogP) is 8.07. The highest BCUT2D eigenvalue weighted by atomic mass is 35.5. The Morgan fingerprint density at radius 3 is 2.06 bits per heavy atom. The molecule has 8 rings (SSSR count). The highest BCUT2D eigenvalue weighted by Crippen LogP contribution is 2.43. The van der Waals surface area contributed by atoms with Gasteiger partial charge >= 0.3 is 0 Å². The van der Waals surface area contributed by atoms with Crippen molar-refractivity contribution in [3.05, 3.63) is 165 Å². The van der Waals surface area contributed by atoms with E-state index in [0.717, 1.165) is 52.0 Å². The molecule has 0 saturated carbocycles. The maximum Gasteiger partial charge on any atom is 0.261 e. The van der Waals surface area contributed by atoms with Gasteiger partial charge in [-0.1, -0.05) is 103 Å². The van der Waals surface area contributed by atoms with Crippen LogP contribution in [0.3, 0.4) is 0 Å². The Labute approximate surface area is 320 Å². The SMILES string of the molecule is C[C@H]1[C@@H](CN2CCC(O)(c3ccc(Cl)cc3)CC2)O[C@@H](c2cccc(-c3cccc(CN4C(=O)c5ccccc5C4=O)c3)c2)O[C@H]1c1ccc(CO)cc1. The fraction of sp³-hybridized carbons (Fsp3) is 0.289. The van der Waals surface area contributed by atoms with E-state index >= 15 is 0 Å². The zero-order chi connectivity index (χ0) is 37.4. The van der Waals surface area contributed by atoms with Crippen molar-refractivity contribution in [2.24, 2.45) is 5.92 Å². The number of ether oxygens (including phenoxy) is 2. The molecule has 2 saturated heterocycles. The number of halogens is 1. The number of aliphatic hydroxyl groups excluding tert-OH is 1. The van der Waals surface area contributed by atoms with Crippen LogP contribution in [0.1, 0.15) is 80.7 Å². The van der Waals surface area contributed by atoms with Crippen molar-refractivity contribution >= 4 is 23.4 Å². The quantitative estimate of drug-likeness (QED) is 0.147. The van der Waals surface area contributed by atoms with Crippen molar-refractivity contribution in [3.63, 3.8) is 0 Å². The summed E-state index contributed by atoms with van der Waals surface area (Å²) in [5.74, 6) is -0.540. The normalized spacial score (nSPS) is 22.7. The summed E-state index contributed by atoms with van der Waals surface area (Å²) in [5, 5.41) is 21.9.